The van der Waals surface area contributed by atoms with Crippen LogP contribution in [0.15, 0.2) is 47.4 Å². The van der Waals surface area contributed by atoms with Crippen molar-refractivity contribution in [2.45, 2.75) is 68.6 Å². The smallest absolute Gasteiger partial charge is 0.409 e. The molecule has 2 amide bonds. The summed E-state index contributed by atoms with van der Waals surface area (Å²) < 4.78 is 83.6. The summed E-state index contributed by atoms with van der Waals surface area (Å²) in [6.07, 6.45) is 0.127. The third-order valence-corrected chi connectivity index (χ3v) is 13.9. The van der Waals surface area contributed by atoms with Crippen molar-refractivity contribution < 1.29 is 36.3 Å². The number of ether oxygens (including phenoxy) is 1. The minimum atomic E-state index is -4.53. The number of nitrogens with zero attached hydrogens (tertiary/aromatic N) is 8. The van der Waals surface area contributed by atoms with Crippen LogP contribution < -0.4 is 36.0 Å². The molecule has 0 radical (unpaired) electrons. The number of aryl methyl sites for hydroxylation is 2. The molecule has 1 saturated carbocycles. The zero-order valence-electron chi connectivity index (χ0n) is 35.6. The SMILES string of the molecule is Cn1nc(C2CCC(=O)NC2=O)c2cccc(N3CCN(CC4CCN(c5ncc(Cl)c(Nc6ccc7c(c6)c6c(c(=O)n7C)OCC(F)(F)[C@H](C7CC7)N6)n5)CC4)C[C@H]3C(F)(F)F)c21. The number of benzene rings is 2. The molecule has 3 atom stereocenters. The summed E-state index contributed by atoms with van der Waals surface area (Å²) in [5.74, 6) is -4.19. The molecule has 3 N–H and O–H groups in total. The molecule has 4 fully saturated rings. The van der Waals surface area contributed by atoms with Crippen molar-refractivity contribution in [2.24, 2.45) is 25.9 Å². The van der Waals surface area contributed by atoms with Gasteiger partial charge in [0.05, 0.1) is 46.3 Å². The molecule has 5 aromatic rings. The third-order valence-electron chi connectivity index (χ3n) is 13.6. The number of aromatic nitrogens is 5. The molecule has 15 nitrogen and oxygen atoms in total. The number of halogens is 6. The Bertz CT molecular complexity index is 2770. The molecule has 2 aromatic carbocycles. The minimum Gasteiger partial charge on any atom is -0.480 e. The highest BCUT2D eigenvalue weighted by Crippen LogP contribution is 2.46. The van der Waals surface area contributed by atoms with E-state index in [1.54, 1.807) is 50.5 Å². The van der Waals surface area contributed by atoms with Gasteiger partial charge in [0.15, 0.2) is 12.4 Å². The molecule has 0 bridgehead atoms. The van der Waals surface area contributed by atoms with Crippen LogP contribution in [-0.2, 0) is 23.7 Å². The van der Waals surface area contributed by atoms with E-state index in [1.165, 1.54) is 20.3 Å². The number of hydrogen-bond acceptors (Lipinski definition) is 12. The van der Waals surface area contributed by atoms with E-state index in [1.807, 2.05) is 9.80 Å². The Morgan fingerprint density at radius 3 is 2.51 bits per heavy atom. The molecular formula is C44H47ClF5N11O4. The number of piperazine rings is 1. The topological polar surface area (TPSA) is 155 Å². The zero-order chi connectivity index (χ0) is 45.5. The van der Waals surface area contributed by atoms with Crippen molar-refractivity contribution in [3.63, 3.8) is 0 Å². The second-order valence-electron chi connectivity index (χ2n) is 17.9. The van der Waals surface area contributed by atoms with E-state index in [0.717, 1.165) is 0 Å². The first-order valence-corrected chi connectivity index (χ1v) is 22.2. The van der Waals surface area contributed by atoms with E-state index in [-0.39, 0.29) is 60.1 Å². The van der Waals surface area contributed by atoms with Crippen molar-refractivity contribution in [1.29, 1.82) is 0 Å². The highest BCUT2D eigenvalue weighted by atomic mass is 35.5. The van der Waals surface area contributed by atoms with Crippen molar-refractivity contribution in [3.8, 4) is 5.75 Å². The van der Waals surface area contributed by atoms with Crippen LogP contribution in [0, 0.1) is 11.8 Å². The number of rotatable bonds is 8. The highest BCUT2D eigenvalue weighted by molar-refractivity contribution is 6.33. The van der Waals surface area contributed by atoms with Gasteiger partial charge in [-0.15, -0.1) is 0 Å². The van der Waals surface area contributed by atoms with Crippen LogP contribution in [0.4, 0.5) is 50.8 Å². The molecule has 3 aromatic heterocycles. The van der Waals surface area contributed by atoms with Gasteiger partial charge in [0, 0.05) is 76.2 Å². The van der Waals surface area contributed by atoms with Gasteiger partial charge >= 0.3 is 12.1 Å². The maximum atomic E-state index is 15.2. The molecule has 21 heteroatoms. The summed E-state index contributed by atoms with van der Waals surface area (Å²) in [5, 5.41) is 14.5. The molecule has 5 aliphatic rings. The number of nitrogens with one attached hydrogen (secondary N) is 3. The fraction of sp³-hybridized carbons (Fsp3) is 0.500. The summed E-state index contributed by atoms with van der Waals surface area (Å²) in [5.41, 5.74) is 2.11. The van der Waals surface area contributed by atoms with Crippen LogP contribution in [-0.4, -0.2) is 111 Å². The second kappa shape index (κ2) is 16.3. The number of imide groups is 1. The number of pyridine rings is 1. The molecule has 65 heavy (non-hydrogen) atoms. The molecule has 344 valence electrons. The average Bonchev–Trinajstić information content (AvgIpc) is 4.08. The van der Waals surface area contributed by atoms with Crippen molar-refractivity contribution in [1.82, 2.24) is 34.5 Å². The number of hydrogen-bond donors (Lipinski definition) is 3. The van der Waals surface area contributed by atoms with Gasteiger partial charge in [0.25, 0.3) is 5.56 Å². The Morgan fingerprint density at radius 2 is 1.77 bits per heavy atom. The summed E-state index contributed by atoms with van der Waals surface area (Å²) in [7, 11) is 3.22. The van der Waals surface area contributed by atoms with E-state index in [9.17, 15) is 27.6 Å². The largest absolute Gasteiger partial charge is 0.480 e. The number of piperidine rings is 2. The lowest BCUT2D eigenvalue weighted by atomic mass is 9.92. The van der Waals surface area contributed by atoms with Crippen molar-refractivity contribution in [3.05, 3.63) is 63.7 Å². The normalized spacial score (nSPS) is 23.2. The number of carbonyl (C=O) groups excluding carboxylic acids is 2. The van der Waals surface area contributed by atoms with Gasteiger partial charge < -0.3 is 29.7 Å². The van der Waals surface area contributed by atoms with Crippen LogP contribution in [0.25, 0.3) is 21.8 Å². The number of para-hydroxylation sites is 1. The van der Waals surface area contributed by atoms with Crippen LogP contribution in [0.5, 0.6) is 5.75 Å². The van der Waals surface area contributed by atoms with Crippen LogP contribution in [0.2, 0.25) is 5.02 Å². The van der Waals surface area contributed by atoms with Crippen LogP contribution >= 0.6 is 11.6 Å². The number of fused-ring (bicyclic) bond motifs is 4. The molecule has 1 aliphatic carbocycles. The van der Waals surface area contributed by atoms with E-state index in [4.69, 9.17) is 21.3 Å². The Hall–Kier alpha value is -5.76. The predicted molar refractivity (Wildman–Crippen MR) is 234 cm³/mol. The van der Waals surface area contributed by atoms with E-state index in [0.29, 0.717) is 103 Å². The molecular weight excluding hydrogens is 877 g/mol. The Labute approximate surface area is 374 Å². The maximum Gasteiger partial charge on any atom is 0.409 e. The maximum absolute atomic E-state index is 15.2. The average molecular weight is 924 g/mol. The quantitative estimate of drug-likeness (QED) is 0.118. The zero-order valence-corrected chi connectivity index (χ0v) is 36.4. The van der Waals surface area contributed by atoms with E-state index < -0.39 is 48.2 Å². The van der Waals surface area contributed by atoms with Crippen molar-refractivity contribution in [2.75, 3.05) is 66.3 Å². The van der Waals surface area contributed by atoms with Gasteiger partial charge in [-0.05, 0) is 68.2 Å². The molecule has 0 spiro atoms. The number of anilines is 5. The first-order valence-electron chi connectivity index (χ1n) is 21.9. The van der Waals surface area contributed by atoms with Gasteiger partial charge in [0.1, 0.15) is 11.1 Å². The van der Waals surface area contributed by atoms with Gasteiger partial charge in [-0.3, -0.25) is 29.3 Å². The van der Waals surface area contributed by atoms with Gasteiger partial charge in [-0.25, -0.2) is 13.8 Å². The number of alkyl halides is 5. The summed E-state index contributed by atoms with van der Waals surface area (Å²) in [6, 6.07) is 7.37. The molecule has 1 unspecified atom stereocenters. The fourth-order valence-corrected chi connectivity index (χ4v) is 10.2. The van der Waals surface area contributed by atoms with Gasteiger partial charge in [-0.2, -0.15) is 23.3 Å². The van der Waals surface area contributed by atoms with Crippen LogP contribution in [0.1, 0.15) is 50.1 Å². The monoisotopic (exact) mass is 923 g/mol. The van der Waals surface area contributed by atoms with E-state index in [2.05, 4.69) is 26.0 Å². The first kappa shape index (κ1) is 43.1. The molecule has 7 heterocycles. The van der Waals surface area contributed by atoms with Gasteiger partial charge in [-0.1, -0.05) is 23.7 Å². The number of carbonyl (C=O) groups is 2. The summed E-state index contributed by atoms with van der Waals surface area (Å²) in [6.45, 7) is 1.08. The predicted octanol–water partition coefficient (Wildman–Crippen LogP) is 6.32. The fourth-order valence-electron chi connectivity index (χ4n) is 10.1. The van der Waals surface area contributed by atoms with E-state index >= 15 is 8.78 Å². The lowest BCUT2D eigenvalue weighted by molar-refractivity contribution is -0.157. The lowest BCUT2D eigenvalue weighted by Crippen LogP contribution is -2.60. The highest BCUT2D eigenvalue weighted by Gasteiger charge is 2.51. The first-order chi connectivity index (χ1) is 31.0. The van der Waals surface area contributed by atoms with Gasteiger partial charge in [0.2, 0.25) is 23.5 Å². The van der Waals surface area contributed by atoms with Crippen LogP contribution in [0.3, 0.4) is 0 Å². The third kappa shape index (κ3) is 8.05. The Morgan fingerprint density at radius 1 is 0.985 bits per heavy atom. The Balaban J connectivity index is 0.812. The molecule has 10 rings (SSSR count). The molecule has 3 saturated heterocycles. The second-order valence-corrected chi connectivity index (χ2v) is 18.3. The lowest BCUT2D eigenvalue weighted by Gasteiger charge is -2.45. The summed E-state index contributed by atoms with van der Waals surface area (Å²) in [4.78, 5) is 52.4. The standard InChI is InChI=1S/C44H47ClF5N11O4/c1-57-30-10-8-25(18-28(30)35-37(41(57)64)65-22-43(46,47)38(54-35)24-6-7-24)52-39-29(45)19-51-42(55-39)60-14-12-23(13-15-60)20-59-16-17-61(32(21-59)44(48,49)50)31-5-3-4-26-34(56-58(2)36(26)31)27-9-11-33(62)53-40(27)63/h3-5,8,10,18-19,23-24,27,32,38,54H,6-7,9,11-17,20-22H2,1-2H3,(H,51,52,55)(H,53,62,63)/t27?,32-,38-/m0/s1. The Kier molecular flexibility index (Phi) is 10.8. The molecule has 4 aliphatic heterocycles. The van der Waals surface area contributed by atoms with Crippen molar-refractivity contribution >= 4 is 74.0 Å². The number of amides is 2. The minimum absolute atomic E-state index is 0.133. The summed E-state index contributed by atoms with van der Waals surface area (Å²) >= 11 is 6.60.